The van der Waals surface area contributed by atoms with Crippen molar-refractivity contribution in [2.75, 3.05) is 62.6 Å². The molecule has 6 heterocycles. The molecule has 4 fully saturated rings. The number of likely N-dealkylation sites (tertiary alicyclic amines) is 1. The Hall–Kier alpha value is -7.21. The summed E-state index contributed by atoms with van der Waals surface area (Å²) < 4.78 is 7.88. The molecule has 68 heavy (non-hydrogen) atoms. The van der Waals surface area contributed by atoms with Crippen LogP contribution in [0.15, 0.2) is 85.5 Å². The van der Waals surface area contributed by atoms with Gasteiger partial charge in [0.2, 0.25) is 17.7 Å². The zero-order valence-corrected chi connectivity index (χ0v) is 37.8. The molecule has 352 valence electrons. The van der Waals surface area contributed by atoms with Gasteiger partial charge in [-0.2, -0.15) is 0 Å². The van der Waals surface area contributed by atoms with Crippen LogP contribution in [0.4, 0.5) is 17.2 Å². The summed E-state index contributed by atoms with van der Waals surface area (Å²) in [5, 5.41) is 8.81. The first kappa shape index (κ1) is 44.6. The highest BCUT2D eigenvalue weighted by Gasteiger charge is 2.45. The topological polar surface area (TPSA) is 204 Å². The number of piperidine rings is 2. The van der Waals surface area contributed by atoms with Gasteiger partial charge >= 0.3 is 0 Å². The number of carbonyl (C=O) groups excluding carboxylic acids is 6. The van der Waals surface area contributed by atoms with Crippen molar-refractivity contribution < 1.29 is 33.5 Å². The average molecular weight is 922 g/mol. The third-order valence-corrected chi connectivity index (χ3v) is 14.1. The summed E-state index contributed by atoms with van der Waals surface area (Å²) in [6, 6.07) is 22.0. The van der Waals surface area contributed by atoms with Crippen molar-refractivity contribution in [3.05, 3.63) is 102 Å². The standard InChI is InChI=1S/C50H55N11O7/c62-42-15-14-41(48(65)56-42)61-49(66)39-13-12-38(28-40(39)50(61)67)68-29-44(64)59-19-16-32(17-20-59)7-4-18-57-21-23-58(24-22-57)36-10-8-34(9-11-36)55-46-45-47(52-30-51-46)60(31-53-45)37-26-35(27-37)54-43(63)25-33-5-2-1-3-6-33/h1-3,5-6,8-13,28,30-32,35,37,41H,4,7,14-27,29H2,(H,54,63)(H,51,52,55)(H,56,62,65). The fraction of sp³-hybridized carbons (Fsp3) is 0.420. The molecule has 0 bridgehead atoms. The van der Waals surface area contributed by atoms with Crippen molar-refractivity contribution in [2.24, 2.45) is 5.92 Å². The van der Waals surface area contributed by atoms with Gasteiger partial charge in [-0.1, -0.05) is 30.3 Å². The summed E-state index contributed by atoms with van der Waals surface area (Å²) in [4.78, 5) is 97.3. The van der Waals surface area contributed by atoms with Crippen LogP contribution >= 0.6 is 0 Å². The molecule has 6 amide bonds. The predicted octanol–water partition coefficient (Wildman–Crippen LogP) is 4.25. The highest BCUT2D eigenvalue weighted by molar-refractivity contribution is 6.23. The molecule has 2 aromatic heterocycles. The fourth-order valence-electron chi connectivity index (χ4n) is 10.2. The van der Waals surface area contributed by atoms with Crippen molar-refractivity contribution in [2.45, 2.75) is 75.9 Å². The Balaban J connectivity index is 0.616. The van der Waals surface area contributed by atoms with E-state index in [9.17, 15) is 28.8 Å². The molecule has 5 aromatic rings. The number of imide groups is 2. The minimum Gasteiger partial charge on any atom is -0.484 e. The quantitative estimate of drug-likeness (QED) is 0.126. The van der Waals surface area contributed by atoms with E-state index in [4.69, 9.17) is 4.74 Å². The Morgan fingerprint density at radius 1 is 0.809 bits per heavy atom. The predicted molar refractivity (Wildman–Crippen MR) is 251 cm³/mol. The summed E-state index contributed by atoms with van der Waals surface area (Å²) in [6.45, 7) is 6.14. The number of imidazole rings is 1. The first-order valence-corrected chi connectivity index (χ1v) is 23.7. The first-order valence-electron chi connectivity index (χ1n) is 23.7. The molecule has 1 unspecified atom stereocenters. The van der Waals surface area contributed by atoms with Crippen LogP contribution in [0.1, 0.15) is 83.7 Å². The largest absolute Gasteiger partial charge is 0.484 e. The molecule has 0 spiro atoms. The normalized spacial score (nSPS) is 21.1. The molecule has 1 atom stereocenters. The summed E-state index contributed by atoms with van der Waals surface area (Å²) in [7, 11) is 0. The number of anilines is 3. The maximum absolute atomic E-state index is 13.2. The first-order chi connectivity index (χ1) is 33.1. The number of ether oxygens (including phenoxy) is 1. The number of rotatable bonds is 15. The summed E-state index contributed by atoms with van der Waals surface area (Å²) >= 11 is 0. The van der Waals surface area contributed by atoms with Gasteiger partial charge in [0.15, 0.2) is 23.6 Å². The molecular formula is C50H55N11O7. The van der Waals surface area contributed by atoms with Crippen molar-refractivity contribution in [3.63, 3.8) is 0 Å². The second kappa shape index (κ2) is 19.6. The van der Waals surface area contributed by atoms with Crippen LogP contribution in [0.5, 0.6) is 5.75 Å². The number of carbonyl (C=O) groups is 6. The Labute approximate surface area is 393 Å². The molecule has 18 nitrogen and oxygen atoms in total. The molecule has 3 aromatic carbocycles. The number of nitrogens with one attached hydrogen (secondary N) is 3. The van der Waals surface area contributed by atoms with Crippen LogP contribution in [0.3, 0.4) is 0 Å². The van der Waals surface area contributed by atoms with Crippen LogP contribution in [0, 0.1) is 5.92 Å². The van der Waals surface area contributed by atoms with E-state index in [1.807, 2.05) is 41.6 Å². The number of fused-ring (bicyclic) bond motifs is 2. The van der Waals surface area contributed by atoms with E-state index in [0.29, 0.717) is 42.5 Å². The number of nitrogens with zero attached hydrogens (tertiary/aromatic N) is 8. The van der Waals surface area contributed by atoms with Gasteiger partial charge in [0.05, 0.1) is 23.9 Å². The van der Waals surface area contributed by atoms with E-state index in [1.54, 1.807) is 12.4 Å². The number of amides is 6. The minimum absolute atomic E-state index is 0.0425. The molecule has 4 aliphatic heterocycles. The zero-order chi connectivity index (χ0) is 46.7. The number of hydrogen-bond donors (Lipinski definition) is 3. The maximum atomic E-state index is 13.2. The molecule has 3 saturated heterocycles. The monoisotopic (exact) mass is 921 g/mol. The molecule has 1 saturated carbocycles. The lowest BCUT2D eigenvalue weighted by Gasteiger charge is -2.37. The smallest absolute Gasteiger partial charge is 0.262 e. The van der Waals surface area contributed by atoms with Gasteiger partial charge in [-0.05, 0) is 105 Å². The van der Waals surface area contributed by atoms with E-state index >= 15 is 0 Å². The number of aromatic nitrogens is 4. The van der Waals surface area contributed by atoms with Crippen LogP contribution in [0.2, 0.25) is 0 Å². The van der Waals surface area contributed by atoms with E-state index in [-0.39, 0.29) is 54.5 Å². The van der Waals surface area contributed by atoms with Gasteiger partial charge in [0, 0.05) is 69.1 Å². The lowest BCUT2D eigenvalue weighted by Crippen LogP contribution is -2.54. The average Bonchev–Trinajstić information content (AvgIpc) is 3.88. The Morgan fingerprint density at radius 2 is 1.57 bits per heavy atom. The highest BCUT2D eigenvalue weighted by atomic mass is 16.5. The van der Waals surface area contributed by atoms with Crippen molar-refractivity contribution in [3.8, 4) is 5.75 Å². The van der Waals surface area contributed by atoms with Gasteiger partial charge in [-0.15, -0.1) is 0 Å². The van der Waals surface area contributed by atoms with Crippen LogP contribution in [0.25, 0.3) is 11.2 Å². The molecule has 10 rings (SSSR count). The van der Waals surface area contributed by atoms with Gasteiger partial charge in [0.25, 0.3) is 17.7 Å². The Bertz CT molecular complexity index is 2710. The zero-order valence-electron chi connectivity index (χ0n) is 37.8. The summed E-state index contributed by atoms with van der Waals surface area (Å²) in [6.07, 6.45) is 9.69. The van der Waals surface area contributed by atoms with E-state index < -0.39 is 29.7 Å². The lowest BCUT2D eigenvalue weighted by atomic mass is 9.86. The van der Waals surface area contributed by atoms with Gasteiger partial charge in [-0.3, -0.25) is 43.9 Å². The highest BCUT2D eigenvalue weighted by Crippen LogP contribution is 2.36. The van der Waals surface area contributed by atoms with Crippen molar-refractivity contribution in [1.29, 1.82) is 0 Å². The Morgan fingerprint density at radius 3 is 2.34 bits per heavy atom. The minimum atomic E-state index is -1.04. The van der Waals surface area contributed by atoms with Crippen LogP contribution in [-0.2, 0) is 25.6 Å². The van der Waals surface area contributed by atoms with Crippen LogP contribution < -0.4 is 25.6 Å². The summed E-state index contributed by atoms with van der Waals surface area (Å²) in [5.41, 5.74) is 4.88. The molecule has 0 radical (unpaired) electrons. The van der Waals surface area contributed by atoms with Gasteiger partial charge < -0.3 is 29.7 Å². The van der Waals surface area contributed by atoms with Gasteiger partial charge in [0.1, 0.15) is 18.1 Å². The molecule has 1 aliphatic carbocycles. The second-order valence-electron chi connectivity index (χ2n) is 18.5. The van der Waals surface area contributed by atoms with E-state index in [1.165, 1.54) is 17.8 Å². The van der Waals surface area contributed by atoms with Gasteiger partial charge in [-0.25, -0.2) is 15.0 Å². The number of piperazine rings is 1. The summed E-state index contributed by atoms with van der Waals surface area (Å²) in [5.74, 6) is -0.870. The van der Waals surface area contributed by atoms with E-state index in [2.05, 4.69) is 69.5 Å². The molecular weight excluding hydrogens is 867 g/mol. The van der Waals surface area contributed by atoms with Crippen molar-refractivity contribution >= 4 is 63.8 Å². The lowest BCUT2D eigenvalue weighted by molar-refractivity contribution is -0.136. The number of hydrogen-bond acceptors (Lipinski definition) is 13. The molecule has 3 N–H and O–H groups in total. The second-order valence-corrected chi connectivity index (χ2v) is 18.5. The fourth-order valence-corrected chi connectivity index (χ4v) is 10.2. The number of benzene rings is 3. The SMILES string of the molecule is O=C1CCC(N2C(=O)c3ccc(OCC(=O)N4CCC(CCCN5CCN(c6ccc(Nc7ncnc8c7ncn8C7CC(NC(=O)Cc8ccccc8)C7)cc6)CC5)CC4)cc3C2=O)C(=O)N1. The maximum Gasteiger partial charge on any atom is 0.262 e. The Kier molecular flexibility index (Phi) is 12.8. The molecule has 18 heteroatoms. The molecule has 5 aliphatic rings. The van der Waals surface area contributed by atoms with Crippen molar-refractivity contribution in [1.82, 2.24) is 44.9 Å². The third-order valence-electron chi connectivity index (χ3n) is 14.1. The van der Waals surface area contributed by atoms with E-state index in [0.717, 1.165) is 93.0 Å². The van der Waals surface area contributed by atoms with Crippen LogP contribution in [-0.4, -0.2) is 134 Å². The third kappa shape index (κ3) is 9.63.